The van der Waals surface area contributed by atoms with Crippen molar-refractivity contribution >= 4 is 11.7 Å². The van der Waals surface area contributed by atoms with Crippen LogP contribution in [0.3, 0.4) is 0 Å². The second kappa shape index (κ2) is 21.2. The van der Waals surface area contributed by atoms with Gasteiger partial charge in [0.1, 0.15) is 5.78 Å². The zero-order chi connectivity index (χ0) is 46.1. The molecule has 63 heavy (non-hydrogen) atoms. The van der Waals surface area contributed by atoms with Gasteiger partial charge in [-0.3, -0.25) is 4.79 Å². The predicted octanol–water partition coefficient (Wildman–Crippen LogP) is 15.6. The topological polar surface area (TPSA) is 72.2 Å². The summed E-state index contributed by atoms with van der Waals surface area (Å²) in [6.07, 6.45) is 34.3. The number of nitrogens with one attached hydrogen (secondary N) is 1. The monoisotopic (exact) mass is 875 g/mol. The van der Waals surface area contributed by atoms with Gasteiger partial charge in [0.2, 0.25) is 5.91 Å². The zero-order valence-corrected chi connectivity index (χ0v) is 44.1. The van der Waals surface area contributed by atoms with Gasteiger partial charge >= 0.3 is 0 Å². The molecule has 0 aromatic carbocycles. The van der Waals surface area contributed by atoms with Gasteiger partial charge in [0.25, 0.3) is 0 Å². The molecular formula is C59H106N2O2. The molecule has 364 valence electrons. The number of carbonyl (C=O) groups is 2. The number of hydrogen-bond donors (Lipinski definition) is 2. The van der Waals surface area contributed by atoms with E-state index in [-0.39, 0.29) is 11.7 Å². The summed E-state index contributed by atoms with van der Waals surface area (Å²) in [7, 11) is 0. The van der Waals surface area contributed by atoms with Gasteiger partial charge < -0.3 is 15.8 Å². The van der Waals surface area contributed by atoms with Gasteiger partial charge in [-0.1, -0.05) is 108 Å². The molecule has 8 rings (SSSR count). The highest BCUT2D eigenvalue weighted by Gasteiger charge is 2.62. The lowest BCUT2D eigenvalue weighted by molar-refractivity contribution is -0.126. The summed E-state index contributed by atoms with van der Waals surface area (Å²) < 4.78 is 0. The molecule has 4 nitrogen and oxygen atoms in total. The SMILES string of the molecule is CC(=O)N[C@@H]1CC[C@@]2(C)[C@@H](CC[C@@H]3[C@@H]2CC[C@]2(C)[C@@H](C(C)CCCC(C)C)CC[C@@H]32)C1.CC(C)=O.CC(C)CCCC(C)[C@H]1CC[C@H]2[C@@H]3CC[C@H]4C[C@H](N)CC[C@]4(C)[C@H]3CC[C@]12C. The van der Waals surface area contributed by atoms with Crippen LogP contribution < -0.4 is 11.1 Å². The first-order valence-electron chi connectivity index (χ1n) is 28.1. The Morgan fingerprint density at radius 1 is 0.508 bits per heavy atom. The molecule has 1 amide bonds. The second-order valence-corrected chi connectivity index (χ2v) is 27.0. The highest BCUT2D eigenvalue weighted by Crippen LogP contribution is 2.70. The molecular weight excluding hydrogens is 769 g/mol. The van der Waals surface area contributed by atoms with E-state index in [0.717, 1.165) is 82.9 Å². The number of hydrogen-bond acceptors (Lipinski definition) is 3. The van der Waals surface area contributed by atoms with E-state index in [2.05, 4.69) is 74.6 Å². The minimum atomic E-state index is 0.162. The third-order valence-electron chi connectivity index (χ3n) is 22.2. The van der Waals surface area contributed by atoms with Crippen molar-refractivity contribution in [3.05, 3.63) is 0 Å². The van der Waals surface area contributed by atoms with Gasteiger partial charge in [0.15, 0.2) is 0 Å². The Hall–Kier alpha value is -0.900. The van der Waals surface area contributed by atoms with Crippen LogP contribution in [0, 0.1) is 105 Å². The Balaban J connectivity index is 0.000000194. The van der Waals surface area contributed by atoms with Crippen LogP contribution in [0.15, 0.2) is 0 Å². The Kier molecular flexibility index (Phi) is 17.3. The van der Waals surface area contributed by atoms with Gasteiger partial charge in [-0.2, -0.15) is 0 Å². The molecule has 0 bridgehead atoms. The van der Waals surface area contributed by atoms with Crippen molar-refractivity contribution in [1.82, 2.24) is 5.32 Å². The van der Waals surface area contributed by atoms with Crippen molar-refractivity contribution in [3.63, 3.8) is 0 Å². The van der Waals surface area contributed by atoms with Crippen molar-refractivity contribution in [2.24, 2.45) is 110 Å². The third-order valence-corrected chi connectivity index (χ3v) is 22.2. The smallest absolute Gasteiger partial charge is 0.217 e. The molecule has 0 aromatic rings. The Bertz CT molecular complexity index is 1480. The lowest BCUT2D eigenvalue weighted by Crippen LogP contribution is -2.55. The highest BCUT2D eigenvalue weighted by molar-refractivity contribution is 5.73. The normalized spacial score (nSPS) is 44.8. The number of fused-ring (bicyclic) bond motifs is 10. The summed E-state index contributed by atoms with van der Waals surface area (Å²) in [5, 5.41) is 3.25. The first kappa shape index (κ1) is 51.5. The number of amides is 1. The molecule has 3 N–H and O–H groups in total. The molecule has 8 aliphatic rings. The van der Waals surface area contributed by atoms with Gasteiger partial charge in [0, 0.05) is 19.0 Å². The standard InChI is InChI=1S/C29H51NO.C27H49N.C3H6O/c1-19(2)8-7-9-20(3)25-12-13-26-24-11-10-22-18-23(30-21(4)31)14-16-28(22,5)27(24)15-17-29(25,26)6;1-18(2)7-6-8-19(3)23-11-12-24-22-10-9-20-17-21(28)13-15-26(20,4)25(22)14-16-27(23,24)5;1-3(2)4/h19-20,22-27H,7-18H2,1-6H3,(H,30,31);18-25H,6-17,28H2,1-5H3;1-2H3/t20?,22-,23+,24-,25+,26-,27-,28-,29+;19?,20-,21+,22-,23+,24-,25-,26-,27+;/m00./s1. The number of rotatable bonds is 11. The Labute approximate surface area is 391 Å². The van der Waals surface area contributed by atoms with Crippen molar-refractivity contribution in [2.75, 3.05) is 0 Å². The fraction of sp³-hybridized carbons (Fsp3) is 0.966. The first-order valence-corrected chi connectivity index (χ1v) is 28.1. The molecule has 0 aromatic heterocycles. The van der Waals surface area contributed by atoms with Crippen LogP contribution in [-0.2, 0) is 9.59 Å². The van der Waals surface area contributed by atoms with E-state index < -0.39 is 0 Å². The lowest BCUT2D eigenvalue weighted by atomic mass is 9.44. The highest BCUT2D eigenvalue weighted by atomic mass is 16.1. The maximum atomic E-state index is 11.6. The van der Waals surface area contributed by atoms with E-state index in [9.17, 15) is 9.59 Å². The molecule has 0 spiro atoms. The Morgan fingerprint density at radius 2 is 0.905 bits per heavy atom. The molecule has 2 unspecified atom stereocenters. The summed E-state index contributed by atoms with van der Waals surface area (Å²) >= 11 is 0. The molecule has 4 heteroatoms. The third kappa shape index (κ3) is 11.0. The number of carbonyl (C=O) groups excluding carboxylic acids is 2. The maximum Gasteiger partial charge on any atom is 0.217 e. The quantitative estimate of drug-likeness (QED) is 0.217. The van der Waals surface area contributed by atoms with Crippen LogP contribution >= 0.6 is 0 Å². The van der Waals surface area contributed by atoms with Gasteiger partial charge in [-0.25, -0.2) is 0 Å². The van der Waals surface area contributed by atoms with E-state index in [4.69, 9.17) is 5.73 Å². The summed E-state index contributed by atoms with van der Waals surface area (Å²) in [5.41, 5.74) is 8.78. The van der Waals surface area contributed by atoms with Crippen molar-refractivity contribution in [1.29, 1.82) is 0 Å². The summed E-state index contributed by atoms with van der Waals surface area (Å²) in [5.74, 6) is 13.6. The van der Waals surface area contributed by atoms with E-state index in [0.29, 0.717) is 33.7 Å². The van der Waals surface area contributed by atoms with Crippen LogP contribution in [0.25, 0.3) is 0 Å². The van der Waals surface area contributed by atoms with Crippen LogP contribution in [0.2, 0.25) is 0 Å². The number of nitrogens with two attached hydrogens (primary N) is 1. The van der Waals surface area contributed by atoms with E-state index >= 15 is 0 Å². The molecule has 8 saturated carbocycles. The predicted molar refractivity (Wildman–Crippen MR) is 268 cm³/mol. The van der Waals surface area contributed by atoms with Crippen molar-refractivity contribution < 1.29 is 9.59 Å². The Morgan fingerprint density at radius 3 is 1.33 bits per heavy atom. The van der Waals surface area contributed by atoms with Crippen molar-refractivity contribution in [3.8, 4) is 0 Å². The van der Waals surface area contributed by atoms with Crippen LogP contribution in [0.4, 0.5) is 0 Å². The van der Waals surface area contributed by atoms with Crippen molar-refractivity contribution in [2.45, 2.75) is 256 Å². The molecule has 8 fully saturated rings. The molecule has 0 radical (unpaired) electrons. The summed E-state index contributed by atoms with van der Waals surface area (Å²) in [6, 6.07) is 0.926. The fourth-order valence-electron chi connectivity index (χ4n) is 19.0. The molecule has 0 heterocycles. The maximum absolute atomic E-state index is 11.6. The molecule has 18 atom stereocenters. The average Bonchev–Trinajstić information content (AvgIpc) is 3.75. The average molecular weight is 876 g/mol. The van der Waals surface area contributed by atoms with E-state index in [1.807, 2.05) is 0 Å². The largest absolute Gasteiger partial charge is 0.354 e. The minimum absolute atomic E-state index is 0.162. The molecule has 0 saturated heterocycles. The van der Waals surface area contributed by atoms with Gasteiger partial charge in [0.05, 0.1) is 0 Å². The fourth-order valence-corrected chi connectivity index (χ4v) is 19.0. The second-order valence-electron chi connectivity index (χ2n) is 27.0. The number of ketones is 1. The van der Waals surface area contributed by atoms with Crippen LogP contribution in [0.1, 0.15) is 244 Å². The minimum Gasteiger partial charge on any atom is -0.354 e. The van der Waals surface area contributed by atoms with E-state index in [1.165, 1.54) is 168 Å². The molecule has 8 aliphatic carbocycles. The van der Waals surface area contributed by atoms with Crippen LogP contribution in [-0.4, -0.2) is 23.8 Å². The zero-order valence-electron chi connectivity index (χ0n) is 44.1. The summed E-state index contributed by atoms with van der Waals surface area (Å²) in [6.45, 7) is 30.2. The summed E-state index contributed by atoms with van der Waals surface area (Å²) in [4.78, 5) is 21.1. The lowest BCUT2D eigenvalue weighted by Gasteiger charge is -2.61. The van der Waals surface area contributed by atoms with Gasteiger partial charge in [-0.05, 0) is 234 Å². The number of Topliss-reactive ketones (excluding diaryl/α,β-unsaturated/α-hetero) is 1. The van der Waals surface area contributed by atoms with E-state index in [1.54, 1.807) is 6.92 Å². The van der Waals surface area contributed by atoms with Crippen LogP contribution in [0.5, 0.6) is 0 Å². The molecule has 0 aliphatic heterocycles. The first-order chi connectivity index (χ1) is 29.6. The van der Waals surface area contributed by atoms with Gasteiger partial charge in [-0.15, -0.1) is 0 Å².